The van der Waals surface area contributed by atoms with Crippen LogP contribution in [0.2, 0.25) is 5.02 Å². The van der Waals surface area contributed by atoms with E-state index < -0.39 is 4.92 Å². The average Bonchev–Trinajstić information content (AvgIpc) is 3.05. The summed E-state index contributed by atoms with van der Waals surface area (Å²) >= 11 is 6.40. The van der Waals surface area contributed by atoms with E-state index in [9.17, 15) is 10.1 Å². The highest BCUT2D eigenvalue weighted by atomic mass is 35.5. The molecule has 0 saturated carbocycles. The molecule has 3 heterocycles. The summed E-state index contributed by atoms with van der Waals surface area (Å²) in [5.41, 5.74) is 2.55. The van der Waals surface area contributed by atoms with Crippen molar-refractivity contribution in [2.75, 3.05) is 18.0 Å². The third kappa shape index (κ3) is 2.88. The van der Waals surface area contributed by atoms with Gasteiger partial charge in [-0.05, 0) is 37.5 Å². The number of pyridine rings is 1. The predicted octanol–water partition coefficient (Wildman–Crippen LogP) is 3.98. The third-order valence-corrected chi connectivity index (χ3v) is 5.18. The number of aromatic nitrogens is 3. The summed E-state index contributed by atoms with van der Waals surface area (Å²) < 4.78 is 2.03. The largest absolute Gasteiger partial charge is 0.369 e. The highest BCUT2D eigenvalue weighted by Gasteiger charge is 2.28. The van der Waals surface area contributed by atoms with Crippen molar-refractivity contribution < 1.29 is 4.92 Å². The van der Waals surface area contributed by atoms with E-state index >= 15 is 0 Å². The molecule has 0 N–H and O–H groups in total. The Hall–Kier alpha value is -2.67. The molecule has 1 atom stereocenters. The van der Waals surface area contributed by atoms with Crippen LogP contribution < -0.4 is 4.90 Å². The number of fused-ring (bicyclic) bond motifs is 1. The van der Waals surface area contributed by atoms with Gasteiger partial charge >= 0.3 is 0 Å². The number of halogens is 1. The van der Waals surface area contributed by atoms with E-state index in [4.69, 9.17) is 11.6 Å². The first-order chi connectivity index (χ1) is 12.5. The highest BCUT2D eigenvalue weighted by molar-refractivity contribution is 6.33. The Morgan fingerprint density at radius 3 is 2.92 bits per heavy atom. The molecular formula is C18H18ClN5O2. The first-order valence-electron chi connectivity index (χ1n) is 8.53. The van der Waals surface area contributed by atoms with Crippen LogP contribution in [0.5, 0.6) is 0 Å². The molecule has 134 valence electrons. The van der Waals surface area contributed by atoms with Crippen LogP contribution in [0.25, 0.3) is 5.65 Å². The second-order valence-corrected chi connectivity index (χ2v) is 7.03. The Morgan fingerprint density at radius 1 is 1.31 bits per heavy atom. The van der Waals surface area contributed by atoms with Gasteiger partial charge in [0.15, 0.2) is 5.65 Å². The number of hydrogen-bond acceptors (Lipinski definition) is 5. The fourth-order valence-corrected chi connectivity index (χ4v) is 4.13. The van der Waals surface area contributed by atoms with Crippen molar-refractivity contribution in [3.63, 3.8) is 0 Å². The second-order valence-electron chi connectivity index (χ2n) is 6.62. The molecule has 0 aliphatic carbocycles. The van der Waals surface area contributed by atoms with Gasteiger partial charge in [-0.1, -0.05) is 17.7 Å². The van der Waals surface area contributed by atoms with Crippen molar-refractivity contribution >= 4 is 28.6 Å². The van der Waals surface area contributed by atoms with Crippen LogP contribution in [0.15, 0.2) is 36.5 Å². The number of nitrogens with zero attached hydrogens (tertiary/aromatic N) is 5. The molecule has 1 fully saturated rings. The number of benzene rings is 1. The SMILES string of the molecule is Cc1cc([N+](=O)[O-])cc(Cl)c1N1CCCC(c2nnc3ccccn23)C1. The summed E-state index contributed by atoms with van der Waals surface area (Å²) in [5.74, 6) is 1.17. The summed E-state index contributed by atoms with van der Waals surface area (Å²) in [7, 11) is 0. The molecule has 0 bridgehead atoms. The zero-order valence-electron chi connectivity index (χ0n) is 14.3. The van der Waals surface area contributed by atoms with Gasteiger partial charge in [0.2, 0.25) is 0 Å². The number of piperidine rings is 1. The number of non-ortho nitro benzene ring substituents is 1. The van der Waals surface area contributed by atoms with Gasteiger partial charge in [-0.15, -0.1) is 10.2 Å². The molecule has 0 spiro atoms. The zero-order chi connectivity index (χ0) is 18.3. The van der Waals surface area contributed by atoms with Crippen LogP contribution in [0.1, 0.15) is 30.1 Å². The van der Waals surface area contributed by atoms with Crippen LogP contribution in [0.4, 0.5) is 11.4 Å². The van der Waals surface area contributed by atoms with Gasteiger partial charge in [-0.25, -0.2) is 0 Å². The van der Waals surface area contributed by atoms with Crippen LogP contribution >= 0.6 is 11.6 Å². The van der Waals surface area contributed by atoms with Gasteiger partial charge in [0.25, 0.3) is 5.69 Å². The predicted molar refractivity (Wildman–Crippen MR) is 100 cm³/mol. The third-order valence-electron chi connectivity index (χ3n) is 4.89. The first-order valence-corrected chi connectivity index (χ1v) is 8.91. The lowest BCUT2D eigenvalue weighted by Crippen LogP contribution is -2.35. The van der Waals surface area contributed by atoms with E-state index in [1.165, 1.54) is 6.07 Å². The van der Waals surface area contributed by atoms with Gasteiger partial charge in [0.1, 0.15) is 5.82 Å². The average molecular weight is 372 g/mol. The van der Waals surface area contributed by atoms with E-state index in [0.29, 0.717) is 5.02 Å². The van der Waals surface area contributed by atoms with Crippen LogP contribution in [-0.4, -0.2) is 32.6 Å². The minimum Gasteiger partial charge on any atom is -0.369 e. The molecular weight excluding hydrogens is 354 g/mol. The summed E-state index contributed by atoms with van der Waals surface area (Å²) in [5, 5.41) is 20.1. The maximum atomic E-state index is 11.0. The summed E-state index contributed by atoms with van der Waals surface area (Å²) in [6.07, 6.45) is 4.00. The molecule has 26 heavy (non-hydrogen) atoms. The minimum absolute atomic E-state index is 0.0215. The fourth-order valence-electron chi connectivity index (χ4n) is 3.75. The lowest BCUT2D eigenvalue weighted by Gasteiger charge is -2.35. The molecule has 3 aromatic rings. The van der Waals surface area contributed by atoms with Gasteiger partial charge in [0.05, 0.1) is 15.6 Å². The van der Waals surface area contributed by atoms with E-state index in [1.807, 2.05) is 35.7 Å². The van der Waals surface area contributed by atoms with Crippen molar-refractivity contribution in [2.24, 2.45) is 0 Å². The molecule has 1 saturated heterocycles. The monoisotopic (exact) mass is 371 g/mol. The normalized spacial score (nSPS) is 17.6. The van der Waals surface area contributed by atoms with Crippen molar-refractivity contribution in [1.82, 2.24) is 14.6 Å². The molecule has 0 amide bonds. The molecule has 1 unspecified atom stereocenters. The fraction of sp³-hybridized carbons (Fsp3) is 0.333. The molecule has 2 aromatic heterocycles. The van der Waals surface area contributed by atoms with E-state index in [-0.39, 0.29) is 11.6 Å². The molecule has 1 aliphatic heterocycles. The summed E-state index contributed by atoms with van der Waals surface area (Å²) in [6.45, 7) is 3.49. The standard InChI is InChI=1S/C18H18ClN5O2/c1-12-9-14(24(25)26)10-15(19)17(12)22-7-4-5-13(11-22)18-21-20-16-6-2-3-8-23(16)18/h2-3,6,8-10,13H,4-5,7,11H2,1H3. The van der Waals surface area contributed by atoms with E-state index in [0.717, 1.165) is 48.7 Å². The molecule has 1 aromatic carbocycles. The van der Waals surface area contributed by atoms with E-state index in [1.54, 1.807) is 6.07 Å². The van der Waals surface area contributed by atoms with Crippen LogP contribution in [0, 0.1) is 17.0 Å². The molecule has 7 nitrogen and oxygen atoms in total. The van der Waals surface area contributed by atoms with Gasteiger partial charge in [-0.3, -0.25) is 14.5 Å². The minimum atomic E-state index is -0.413. The maximum Gasteiger partial charge on any atom is 0.271 e. The Balaban J connectivity index is 1.66. The summed E-state index contributed by atoms with van der Waals surface area (Å²) in [4.78, 5) is 12.8. The molecule has 4 rings (SSSR count). The Labute approximate surface area is 155 Å². The molecule has 1 aliphatic rings. The van der Waals surface area contributed by atoms with Crippen molar-refractivity contribution in [2.45, 2.75) is 25.7 Å². The number of nitro groups is 1. The zero-order valence-corrected chi connectivity index (χ0v) is 15.1. The van der Waals surface area contributed by atoms with Gasteiger partial charge < -0.3 is 4.90 Å². The topological polar surface area (TPSA) is 76.6 Å². The van der Waals surface area contributed by atoms with Crippen molar-refractivity contribution in [1.29, 1.82) is 0 Å². The maximum absolute atomic E-state index is 11.0. The second kappa shape index (κ2) is 6.57. The molecule has 0 radical (unpaired) electrons. The first kappa shape index (κ1) is 16.8. The van der Waals surface area contributed by atoms with Crippen molar-refractivity contribution in [3.8, 4) is 0 Å². The Morgan fingerprint density at radius 2 is 2.15 bits per heavy atom. The highest BCUT2D eigenvalue weighted by Crippen LogP contribution is 2.37. The Kier molecular flexibility index (Phi) is 4.24. The van der Waals surface area contributed by atoms with Gasteiger partial charge in [-0.2, -0.15) is 0 Å². The lowest BCUT2D eigenvalue weighted by atomic mass is 9.96. The smallest absolute Gasteiger partial charge is 0.271 e. The van der Waals surface area contributed by atoms with Crippen LogP contribution in [-0.2, 0) is 0 Å². The van der Waals surface area contributed by atoms with Crippen LogP contribution in [0.3, 0.4) is 0 Å². The molecule has 8 heteroatoms. The number of aryl methyl sites for hydroxylation is 1. The van der Waals surface area contributed by atoms with Crippen molar-refractivity contribution in [3.05, 3.63) is 63.1 Å². The summed E-state index contributed by atoms with van der Waals surface area (Å²) in [6, 6.07) is 8.87. The van der Waals surface area contributed by atoms with E-state index in [2.05, 4.69) is 15.1 Å². The van der Waals surface area contributed by atoms with Gasteiger partial charge in [0, 0.05) is 37.3 Å². The number of hydrogen-bond donors (Lipinski definition) is 0. The number of rotatable bonds is 3. The lowest BCUT2D eigenvalue weighted by molar-refractivity contribution is -0.384. The Bertz CT molecular complexity index is 964. The number of nitro benzene ring substituents is 1. The number of anilines is 1. The quantitative estimate of drug-likeness (QED) is 0.514.